The van der Waals surface area contributed by atoms with E-state index in [0.29, 0.717) is 0 Å². The third-order valence-electron chi connectivity index (χ3n) is 3.60. The first-order valence-electron chi connectivity index (χ1n) is 7.02. The first-order chi connectivity index (χ1) is 10.1. The van der Waals surface area contributed by atoms with Crippen LogP contribution in [0.3, 0.4) is 0 Å². The van der Waals surface area contributed by atoms with Crippen molar-refractivity contribution in [2.45, 2.75) is 6.42 Å². The van der Waals surface area contributed by atoms with Crippen LogP contribution in [0.5, 0.6) is 0 Å². The second-order valence-corrected chi connectivity index (χ2v) is 6.08. The maximum Gasteiger partial charge on any atom is 0.242 e. The Hall–Kier alpha value is -1.40. The van der Waals surface area contributed by atoms with Gasteiger partial charge in [-0.25, -0.2) is 0 Å². The summed E-state index contributed by atoms with van der Waals surface area (Å²) in [5.74, 6) is -0.145. The number of likely N-dealkylation sites (N-methyl/N-ethyl adjacent to an activating group) is 1. The van der Waals surface area contributed by atoms with E-state index < -0.39 is 0 Å². The number of carbonyl (C=O) groups excluding carboxylic acids is 2. The lowest BCUT2D eigenvalue weighted by Gasteiger charge is -2.32. The molecule has 0 unspecified atom stereocenters. The van der Waals surface area contributed by atoms with Crippen molar-refractivity contribution in [2.75, 3.05) is 39.8 Å². The van der Waals surface area contributed by atoms with E-state index in [-0.39, 0.29) is 24.8 Å². The molecule has 6 heteroatoms. The van der Waals surface area contributed by atoms with E-state index in [1.807, 2.05) is 31.3 Å². The van der Waals surface area contributed by atoms with Crippen LogP contribution in [0.4, 0.5) is 0 Å². The van der Waals surface area contributed by atoms with Gasteiger partial charge in [0.1, 0.15) is 0 Å². The maximum absolute atomic E-state index is 12.0. The number of hydrogen-bond donors (Lipinski definition) is 1. The van der Waals surface area contributed by atoms with Gasteiger partial charge >= 0.3 is 0 Å². The number of rotatable bonds is 4. The molecule has 2 rings (SSSR count). The first kappa shape index (κ1) is 16.0. The first-order valence-corrected chi connectivity index (χ1v) is 7.82. The van der Waals surface area contributed by atoms with E-state index >= 15 is 0 Å². The van der Waals surface area contributed by atoms with Gasteiger partial charge in [-0.15, -0.1) is 0 Å². The van der Waals surface area contributed by atoms with Crippen molar-refractivity contribution in [2.24, 2.45) is 0 Å². The molecule has 0 atom stereocenters. The number of halogens is 1. The Balaban J connectivity index is 1.76. The molecule has 0 saturated carbocycles. The van der Waals surface area contributed by atoms with Gasteiger partial charge in [-0.05, 0) is 18.7 Å². The SMILES string of the molecule is CN1CCN(C(=O)CNC(=O)Cc2ccccc2Br)CC1. The molecule has 5 nitrogen and oxygen atoms in total. The highest BCUT2D eigenvalue weighted by Gasteiger charge is 2.19. The number of nitrogens with one attached hydrogen (secondary N) is 1. The highest BCUT2D eigenvalue weighted by atomic mass is 79.9. The molecule has 1 aromatic rings. The van der Waals surface area contributed by atoms with Crippen molar-refractivity contribution in [3.8, 4) is 0 Å². The monoisotopic (exact) mass is 353 g/mol. The molecule has 1 aliphatic rings. The van der Waals surface area contributed by atoms with E-state index in [9.17, 15) is 9.59 Å². The molecule has 1 heterocycles. The van der Waals surface area contributed by atoms with Crippen molar-refractivity contribution in [3.05, 3.63) is 34.3 Å². The fourth-order valence-corrected chi connectivity index (χ4v) is 2.64. The summed E-state index contributed by atoms with van der Waals surface area (Å²) in [4.78, 5) is 27.9. The van der Waals surface area contributed by atoms with Gasteiger partial charge in [0.05, 0.1) is 13.0 Å². The van der Waals surface area contributed by atoms with Gasteiger partial charge in [0.25, 0.3) is 0 Å². The van der Waals surface area contributed by atoms with E-state index in [2.05, 4.69) is 26.1 Å². The summed E-state index contributed by atoms with van der Waals surface area (Å²) in [6.45, 7) is 3.31. The molecular weight excluding hydrogens is 334 g/mol. The van der Waals surface area contributed by atoms with Gasteiger partial charge in [0.2, 0.25) is 11.8 Å². The standard InChI is InChI=1S/C15H20BrN3O2/c1-18-6-8-19(9-7-18)15(21)11-17-14(20)10-12-4-2-3-5-13(12)16/h2-5H,6-11H2,1H3,(H,17,20). The molecule has 1 N–H and O–H groups in total. The summed E-state index contributed by atoms with van der Waals surface area (Å²) in [5, 5.41) is 2.70. The van der Waals surface area contributed by atoms with Crippen LogP contribution < -0.4 is 5.32 Å². The smallest absolute Gasteiger partial charge is 0.242 e. The largest absolute Gasteiger partial charge is 0.347 e. The predicted octanol–water partition coefficient (Wildman–Crippen LogP) is 0.882. The van der Waals surface area contributed by atoms with Crippen LogP contribution >= 0.6 is 15.9 Å². The Kier molecular flexibility index (Phi) is 5.76. The molecule has 0 aromatic heterocycles. The third-order valence-corrected chi connectivity index (χ3v) is 4.38. The summed E-state index contributed by atoms with van der Waals surface area (Å²) in [5.41, 5.74) is 0.919. The number of carbonyl (C=O) groups is 2. The maximum atomic E-state index is 12.0. The van der Waals surface area contributed by atoms with Gasteiger partial charge < -0.3 is 15.1 Å². The predicted molar refractivity (Wildman–Crippen MR) is 84.9 cm³/mol. The molecule has 1 aromatic carbocycles. The Bertz CT molecular complexity index is 513. The minimum Gasteiger partial charge on any atom is -0.347 e. The molecule has 2 amide bonds. The van der Waals surface area contributed by atoms with E-state index in [1.165, 1.54) is 0 Å². The fourth-order valence-electron chi connectivity index (χ4n) is 2.22. The fraction of sp³-hybridized carbons (Fsp3) is 0.467. The summed E-state index contributed by atoms with van der Waals surface area (Å²) >= 11 is 3.41. The van der Waals surface area contributed by atoms with Gasteiger partial charge in [0.15, 0.2) is 0 Å². The zero-order valence-electron chi connectivity index (χ0n) is 12.1. The normalized spacial score (nSPS) is 15.8. The minimum atomic E-state index is -0.135. The van der Waals surface area contributed by atoms with Crippen LogP contribution in [-0.2, 0) is 16.0 Å². The molecule has 21 heavy (non-hydrogen) atoms. The molecule has 114 valence electrons. The van der Waals surface area contributed by atoms with Crippen molar-refractivity contribution >= 4 is 27.7 Å². The highest BCUT2D eigenvalue weighted by molar-refractivity contribution is 9.10. The second-order valence-electron chi connectivity index (χ2n) is 5.23. The molecule has 1 saturated heterocycles. The molecule has 0 bridgehead atoms. The molecule has 1 aliphatic heterocycles. The van der Waals surface area contributed by atoms with Crippen molar-refractivity contribution in [1.82, 2.24) is 15.1 Å². The van der Waals surface area contributed by atoms with Crippen molar-refractivity contribution < 1.29 is 9.59 Å². The van der Waals surface area contributed by atoms with Crippen molar-refractivity contribution in [1.29, 1.82) is 0 Å². The van der Waals surface area contributed by atoms with E-state index in [1.54, 1.807) is 4.90 Å². The summed E-state index contributed by atoms with van der Waals surface area (Å²) < 4.78 is 0.908. The minimum absolute atomic E-state index is 0.0106. The van der Waals surface area contributed by atoms with Crippen LogP contribution in [0.15, 0.2) is 28.7 Å². The summed E-state index contributed by atoms with van der Waals surface area (Å²) in [7, 11) is 2.04. The average molecular weight is 354 g/mol. The number of amides is 2. The molecule has 0 aliphatic carbocycles. The molecular formula is C15H20BrN3O2. The van der Waals surface area contributed by atoms with Gasteiger partial charge in [-0.1, -0.05) is 34.1 Å². The molecule has 1 fully saturated rings. The lowest BCUT2D eigenvalue weighted by atomic mass is 10.1. The van der Waals surface area contributed by atoms with Gasteiger partial charge in [-0.3, -0.25) is 9.59 Å². The number of piperazine rings is 1. The number of hydrogen-bond acceptors (Lipinski definition) is 3. The lowest BCUT2D eigenvalue weighted by Crippen LogP contribution is -2.50. The summed E-state index contributed by atoms with van der Waals surface area (Å²) in [6, 6.07) is 7.59. The van der Waals surface area contributed by atoms with Crippen LogP contribution in [0.1, 0.15) is 5.56 Å². The zero-order valence-corrected chi connectivity index (χ0v) is 13.7. The molecule has 0 radical (unpaired) electrons. The number of benzene rings is 1. The zero-order chi connectivity index (χ0) is 15.2. The van der Waals surface area contributed by atoms with Crippen LogP contribution in [0, 0.1) is 0 Å². The Morgan fingerprint density at radius 2 is 1.86 bits per heavy atom. The highest BCUT2D eigenvalue weighted by Crippen LogP contribution is 2.16. The average Bonchev–Trinajstić information content (AvgIpc) is 2.48. The van der Waals surface area contributed by atoms with E-state index in [4.69, 9.17) is 0 Å². The third kappa shape index (κ3) is 4.82. The Labute approximate surface area is 133 Å². The second kappa shape index (κ2) is 7.56. The Morgan fingerprint density at radius 3 is 2.52 bits per heavy atom. The Morgan fingerprint density at radius 1 is 1.19 bits per heavy atom. The van der Waals surface area contributed by atoms with Crippen LogP contribution in [0.25, 0.3) is 0 Å². The number of nitrogens with zero attached hydrogens (tertiary/aromatic N) is 2. The lowest BCUT2D eigenvalue weighted by molar-refractivity contribution is -0.134. The van der Waals surface area contributed by atoms with Crippen molar-refractivity contribution in [3.63, 3.8) is 0 Å². The van der Waals surface area contributed by atoms with Crippen LogP contribution in [0.2, 0.25) is 0 Å². The quantitative estimate of drug-likeness (QED) is 0.874. The van der Waals surface area contributed by atoms with E-state index in [0.717, 1.165) is 36.2 Å². The molecule has 0 spiro atoms. The summed E-state index contributed by atoms with van der Waals surface area (Å²) in [6.07, 6.45) is 0.275. The van der Waals surface area contributed by atoms with Gasteiger partial charge in [-0.2, -0.15) is 0 Å². The van der Waals surface area contributed by atoms with Gasteiger partial charge in [0, 0.05) is 30.7 Å². The van der Waals surface area contributed by atoms with Crippen LogP contribution in [-0.4, -0.2) is 61.4 Å². The topological polar surface area (TPSA) is 52.6 Å².